The summed E-state index contributed by atoms with van der Waals surface area (Å²) in [7, 11) is 6.73. The van der Waals surface area contributed by atoms with Crippen LogP contribution in [0.2, 0.25) is 0 Å². The molecule has 0 bridgehead atoms. The Hall–Kier alpha value is -1.70. The molecule has 1 amide bonds. The molecule has 2 saturated heterocycles. The van der Waals surface area contributed by atoms with Gasteiger partial charge in [-0.2, -0.15) is 0 Å². The largest absolute Gasteiger partial charge is 0.493 e. The lowest BCUT2D eigenvalue weighted by molar-refractivity contribution is -0.102. The Morgan fingerprint density at radius 1 is 1.04 bits per heavy atom. The van der Waals surface area contributed by atoms with E-state index < -0.39 is 5.72 Å². The first-order valence-electron chi connectivity index (χ1n) is 8.49. The van der Waals surface area contributed by atoms with Gasteiger partial charge in [0.15, 0.2) is 11.5 Å². The van der Waals surface area contributed by atoms with Crippen LogP contribution in [0.25, 0.3) is 0 Å². The molecule has 0 N–H and O–H groups in total. The molecule has 0 radical (unpaired) electrons. The number of nitrogens with zero attached hydrogens (tertiary/aromatic N) is 2. The third-order valence-corrected chi connectivity index (χ3v) is 5.10. The maximum absolute atomic E-state index is 13.2. The van der Waals surface area contributed by atoms with Crippen molar-refractivity contribution in [3.05, 3.63) is 17.7 Å². The number of ether oxygens (including phenoxy) is 4. The van der Waals surface area contributed by atoms with Crippen LogP contribution in [0.4, 0.5) is 0 Å². The van der Waals surface area contributed by atoms with Gasteiger partial charge in [0.25, 0.3) is 5.91 Å². The van der Waals surface area contributed by atoms with E-state index in [0.29, 0.717) is 36.0 Å². The molecule has 8 heteroatoms. The third-order valence-electron chi connectivity index (χ3n) is 5.10. The minimum Gasteiger partial charge on any atom is -0.493 e. The highest BCUT2D eigenvalue weighted by Crippen LogP contribution is 2.40. The van der Waals surface area contributed by atoms with Crippen LogP contribution in [0.15, 0.2) is 12.1 Å². The van der Waals surface area contributed by atoms with E-state index in [0.717, 1.165) is 25.9 Å². The molecule has 2 aliphatic rings. The van der Waals surface area contributed by atoms with E-state index in [4.69, 9.17) is 18.9 Å². The summed E-state index contributed by atoms with van der Waals surface area (Å²) in [4.78, 5) is 17.3. The van der Waals surface area contributed by atoms with E-state index in [2.05, 4.69) is 11.9 Å². The maximum Gasteiger partial charge on any atom is 0.256 e. The molecular formula is C18H27ClN2O5. The Balaban J connectivity index is 0.00000243. The van der Waals surface area contributed by atoms with Gasteiger partial charge in [0.1, 0.15) is 5.72 Å². The molecule has 26 heavy (non-hydrogen) atoms. The normalized spacial score (nSPS) is 19.2. The predicted molar refractivity (Wildman–Crippen MR) is 99.8 cm³/mol. The number of rotatable bonds is 4. The summed E-state index contributed by atoms with van der Waals surface area (Å²) in [6.45, 7) is 3.00. The molecule has 3 rings (SSSR count). The fraction of sp³-hybridized carbons (Fsp3) is 0.611. The number of carbonyl (C=O) groups is 1. The molecule has 146 valence electrons. The second-order valence-corrected chi connectivity index (χ2v) is 6.47. The molecule has 1 spiro atoms. The lowest BCUT2D eigenvalue weighted by Crippen LogP contribution is -2.54. The van der Waals surface area contributed by atoms with E-state index >= 15 is 0 Å². The fourth-order valence-corrected chi connectivity index (χ4v) is 3.64. The van der Waals surface area contributed by atoms with Crippen molar-refractivity contribution in [1.29, 1.82) is 0 Å². The average molecular weight is 387 g/mol. The van der Waals surface area contributed by atoms with Gasteiger partial charge in [0, 0.05) is 38.0 Å². The van der Waals surface area contributed by atoms with E-state index in [1.165, 1.54) is 0 Å². The lowest BCUT2D eigenvalue weighted by Gasteiger charge is -2.42. The Morgan fingerprint density at radius 3 is 2.12 bits per heavy atom. The molecule has 1 aromatic rings. The maximum atomic E-state index is 13.2. The van der Waals surface area contributed by atoms with Crippen LogP contribution in [0.5, 0.6) is 17.2 Å². The summed E-state index contributed by atoms with van der Waals surface area (Å²) in [5.41, 5.74) is 0.0163. The van der Waals surface area contributed by atoms with Crippen LogP contribution >= 0.6 is 12.4 Å². The summed E-state index contributed by atoms with van der Waals surface area (Å²) in [5, 5.41) is 0. The number of hydrogen-bond acceptors (Lipinski definition) is 6. The van der Waals surface area contributed by atoms with Crippen LogP contribution in [0.3, 0.4) is 0 Å². The second kappa shape index (κ2) is 8.33. The summed E-state index contributed by atoms with van der Waals surface area (Å²) < 4.78 is 22.1. The number of benzene rings is 1. The molecular weight excluding hydrogens is 360 g/mol. The third kappa shape index (κ3) is 3.56. The van der Waals surface area contributed by atoms with Gasteiger partial charge in [-0.05, 0) is 19.2 Å². The summed E-state index contributed by atoms with van der Waals surface area (Å²) in [5.74, 6) is 1.36. The van der Waals surface area contributed by atoms with Crippen LogP contribution in [0, 0.1) is 0 Å². The molecule has 0 atom stereocenters. The zero-order chi connectivity index (χ0) is 18.0. The van der Waals surface area contributed by atoms with Crippen LogP contribution in [0.1, 0.15) is 23.2 Å². The van der Waals surface area contributed by atoms with E-state index in [1.807, 2.05) is 4.90 Å². The highest BCUT2D eigenvalue weighted by Gasteiger charge is 2.46. The van der Waals surface area contributed by atoms with Crippen molar-refractivity contribution >= 4 is 18.3 Å². The van der Waals surface area contributed by atoms with E-state index in [-0.39, 0.29) is 18.3 Å². The van der Waals surface area contributed by atoms with Crippen LogP contribution < -0.4 is 14.2 Å². The zero-order valence-electron chi connectivity index (χ0n) is 15.7. The minimum atomic E-state index is -0.496. The minimum absolute atomic E-state index is 0. The van der Waals surface area contributed by atoms with Crippen molar-refractivity contribution in [2.45, 2.75) is 18.6 Å². The molecule has 2 aliphatic heterocycles. The molecule has 2 fully saturated rings. The van der Waals surface area contributed by atoms with Gasteiger partial charge in [-0.1, -0.05) is 0 Å². The van der Waals surface area contributed by atoms with E-state index in [9.17, 15) is 4.79 Å². The van der Waals surface area contributed by atoms with Crippen molar-refractivity contribution in [2.24, 2.45) is 0 Å². The van der Waals surface area contributed by atoms with Gasteiger partial charge in [-0.3, -0.25) is 4.79 Å². The monoisotopic (exact) mass is 386 g/mol. The Labute approximate surface area is 160 Å². The topological polar surface area (TPSA) is 60.5 Å². The van der Waals surface area contributed by atoms with Crippen molar-refractivity contribution in [3.63, 3.8) is 0 Å². The van der Waals surface area contributed by atoms with E-state index in [1.54, 1.807) is 33.5 Å². The van der Waals surface area contributed by atoms with Crippen molar-refractivity contribution in [1.82, 2.24) is 9.80 Å². The van der Waals surface area contributed by atoms with Crippen molar-refractivity contribution < 1.29 is 23.7 Å². The van der Waals surface area contributed by atoms with Crippen LogP contribution in [-0.2, 0) is 4.74 Å². The number of likely N-dealkylation sites (tertiary alicyclic amines) is 1. The average Bonchev–Trinajstić information content (AvgIpc) is 3.05. The van der Waals surface area contributed by atoms with Crippen molar-refractivity contribution in [2.75, 3.05) is 54.6 Å². The SMILES string of the molecule is COc1cc(C(=O)N2CCOC23CCN(C)CC3)cc(OC)c1OC.Cl. The second-order valence-electron chi connectivity index (χ2n) is 6.47. The highest BCUT2D eigenvalue weighted by atomic mass is 35.5. The number of hydrogen-bond donors (Lipinski definition) is 0. The van der Waals surface area contributed by atoms with Crippen LogP contribution in [-0.4, -0.2) is 76.1 Å². The molecule has 0 aliphatic carbocycles. The number of piperidine rings is 1. The van der Waals surface area contributed by atoms with Gasteiger partial charge < -0.3 is 28.7 Å². The molecule has 0 aromatic heterocycles. The Kier molecular flexibility index (Phi) is 6.60. The summed E-state index contributed by atoms with van der Waals surface area (Å²) in [6, 6.07) is 3.40. The number of amides is 1. The number of halogens is 1. The summed E-state index contributed by atoms with van der Waals surface area (Å²) >= 11 is 0. The molecule has 0 unspecified atom stereocenters. The predicted octanol–water partition coefficient (Wildman–Crippen LogP) is 2.03. The lowest BCUT2D eigenvalue weighted by atomic mass is 9.98. The molecule has 0 saturated carbocycles. The van der Waals surface area contributed by atoms with Gasteiger partial charge in [0.2, 0.25) is 5.75 Å². The number of carbonyl (C=O) groups excluding carboxylic acids is 1. The van der Waals surface area contributed by atoms with Gasteiger partial charge in [-0.25, -0.2) is 0 Å². The summed E-state index contributed by atoms with van der Waals surface area (Å²) in [6.07, 6.45) is 1.64. The Morgan fingerprint density at radius 2 is 1.62 bits per heavy atom. The Bertz CT molecular complexity index is 621. The zero-order valence-corrected chi connectivity index (χ0v) is 16.6. The molecule has 2 heterocycles. The standard InChI is InChI=1S/C18H26N2O5.ClH/c1-19-7-5-18(6-8-19)20(9-10-25-18)17(21)13-11-14(22-2)16(24-4)15(12-13)23-3;/h11-12H,5-10H2,1-4H3;1H. The first-order chi connectivity index (χ1) is 12.0. The van der Waals surface area contributed by atoms with Gasteiger partial charge in [-0.15, -0.1) is 12.4 Å². The van der Waals surface area contributed by atoms with Gasteiger partial charge >= 0.3 is 0 Å². The molecule has 1 aromatic carbocycles. The van der Waals surface area contributed by atoms with Crippen molar-refractivity contribution in [3.8, 4) is 17.2 Å². The fourth-order valence-electron chi connectivity index (χ4n) is 3.64. The highest BCUT2D eigenvalue weighted by molar-refractivity contribution is 5.96. The number of methoxy groups -OCH3 is 3. The quantitative estimate of drug-likeness (QED) is 0.789. The smallest absolute Gasteiger partial charge is 0.256 e. The first kappa shape index (κ1) is 20.6. The van der Waals surface area contributed by atoms with Gasteiger partial charge in [0.05, 0.1) is 27.9 Å². The molecule has 7 nitrogen and oxygen atoms in total. The first-order valence-corrected chi connectivity index (χ1v) is 8.49.